The van der Waals surface area contributed by atoms with E-state index in [0.717, 1.165) is 11.1 Å². The minimum Gasteiger partial charge on any atom is -0.192 e. The molecule has 0 bridgehead atoms. The first-order chi connectivity index (χ1) is 8.85. The van der Waals surface area contributed by atoms with E-state index in [1.165, 1.54) is 0 Å². The van der Waals surface area contributed by atoms with Gasteiger partial charge < -0.3 is 0 Å². The summed E-state index contributed by atoms with van der Waals surface area (Å²) < 4.78 is 0. The molecule has 2 aromatic carbocycles. The summed E-state index contributed by atoms with van der Waals surface area (Å²) in [4.78, 5) is 0. The zero-order valence-corrected chi connectivity index (χ0v) is 9.67. The maximum Gasteiger partial charge on any atom is 0.0997 e. The van der Waals surface area contributed by atoms with Crippen molar-refractivity contribution in [3.63, 3.8) is 0 Å². The van der Waals surface area contributed by atoms with Crippen molar-refractivity contribution in [2.45, 2.75) is 0 Å². The number of nitriles is 2. The maximum atomic E-state index is 8.98. The summed E-state index contributed by atoms with van der Waals surface area (Å²) in [6.07, 6.45) is 3.71. The van der Waals surface area contributed by atoms with Gasteiger partial charge in [-0.05, 0) is 23.3 Å². The second kappa shape index (κ2) is 5.48. The molecule has 0 atom stereocenters. The van der Waals surface area contributed by atoms with Crippen LogP contribution in [0.15, 0.2) is 48.5 Å². The topological polar surface area (TPSA) is 47.6 Å². The Bertz CT molecular complexity index is 610. The highest BCUT2D eigenvalue weighted by Gasteiger charge is 1.98. The summed E-state index contributed by atoms with van der Waals surface area (Å²) in [5.74, 6) is 0. The van der Waals surface area contributed by atoms with Crippen LogP contribution in [-0.4, -0.2) is 0 Å². The van der Waals surface area contributed by atoms with Crippen LogP contribution >= 0.6 is 0 Å². The van der Waals surface area contributed by atoms with Crippen molar-refractivity contribution in [3.8, 4) is 12.1 Å². The fourth-order valence-electron chi connectivity index (χ4n) is 1.67. The molecule has 0 radical (unpaired) electrons. The van der Waals surface area contributed by atoms with E-state index in [0.29, 0.717) is 11.1 Å². The van der Waals surface area contributed by atoms with Crippen LogP contribution in [-0.2, 0) is 0 Å². The van der Waals surface area contributed by atoms with Gasteiger partial charge in [0.2, 0.25) is 0 Å². The van der Waals surface area contributed by atoms with Gasteiger partial charge in [-0.1, -0.05) is 48.6 Å². The van der Waals surface area contributed by atoms with Gasteiger partial charge >= 0.3 is 0 Å². The van der Waals surface area contributed by atoms with Crippen molar-refractivity contribution in [1.82, 2.24) is 0 Å². The van der Waals surface area contributed by atoms with E-state index in [4.69, 9.17) is 10.5 Å². The average molecular weight is 230 g/mol. The highest BCUT2D eigenvalue weighted by Crippen LogP contribution is 2.14. The summed E-state index contributed by atoms with van der Waals surface area (Å²) >= 11 is 0. The summed E-state index contributed by atoms with van der Waals surface area (Å²) in [5, 5.41) is 18.0. The molecule has 0 aliphatic rings. The molecule has 0 spiro atoms. The molecule has 0 unspecified atom stereocenters. The molecule has 0 saturated heterocycles. The van der Waals surface area contributed by atoms with Crippen LogP contribution < -0.4 is 0 Å². The molecule has 2 heteroatoms. The summed E-state index contributed by atoms with van der Waals surface area (Å²) in [6, 6.07) is 19.0. The van der Waals surface area contributed by atoms with Gasteiger partial charge in [-0.25, -0.2) is 0 Å². The number of rotatable bonds is 2. The van der Waals surface area contributed by atoms with Crippen molar-refractivity contribution in [2.24, 2.45) is 0 Å². The molecule has 0 fully saturated rings. The van der Waals surface area contributed by atoms with Gasteiger partial charge in [0.15, 0.2) is 0 Å². The van der Waals surface area contributed by atoms with Gasteiger partial charge in [0.1, 0.15) is 0 Å². The minimum absolute atomic E-state index is 0.628. The molecular formula is C16H10N2. The van der Waals surface area contributed by atoms with E-state index in [1.807, 2.05) is 48.6 Å². The Morgan fingerprint density at radius 2 is 1.06 bits per heavy atom. The zero-order chi connectivity index (χ0) is 12.8. The van der Waals surface area contributed by atoms with Crippen LogP contribution in [0.1, 0.15) is 22.3 Å². The summed E-state index contributed by atoms with van der Waals surface area (Å²) in [6.45, 7) is 0. The molecule has 0 aliphatic heterocycles. The van der Waals surface area contributed by atoms with E-state index in [-0.39, 0.29) is 0 Å². The van der Waals surface area contributed by atoms with Crippen LogP contribution in [0, 0.1) is 22.7 Å². The SMILES string of the molecule is N#Cc1ccccc1/C=C/c1ccccc1C#N. The molecule has 18 heavy (non-hydrogen) atoms. The van der Waals surface area contributed by atoms with E-state index < -0.39 is 0 Å². The molecule has 84 valence electrons. The van der Waals surface area contributed by atoms with Gasteiger partial charge in [-0.3, -0.25) is 0 Å². The highest BCUT2D eigenvalue weighted by molar-refractivity contribution is 5.74. The van der Waals surface area contributed by atoms with Crippen LogP contribution in [0.25, 0.3) is 12.2 Å². The van der Waals surface area contributed by atoms with Gasteiger partial charge in [-0.2, -0.15) is 10.5 Å². The standard InChI is InChI=1S/C16H10N2/c17-11-15-7-3-1-5-13(15)9-10-14-6-2-4-8-16(14)12-18/h1-10H/b10-9+. The summed E-state index contributed by atoms with van der Waals surface area (Å²) in [7, 11) is 0. The third kappa shape index (κ3) is 2.45. The predicted molar refractivity (Wildman–Crippen MR) is 71.2 cm³/mol. The molecule has 0 amide bonds. The molecule has 0 aliphatic carbocycles. The Balaban J connectivity index is 2.37. The molecule has 0 heterocycles. The molecule has 2 aromatic rings. The Labute approximate surface area is 106 Å². The number of hydrogen-bond donors (Lipinski definition) is 0. The lowest BCUT2D eigenvalue weighted by Crippen LogP contribution is -1.82. The maximum absolute atomic E-state index is 8.98. The first-order valence-corrected chi connectivity index (χ1v) is 5.51. The predicted octanol–water partition coefficient (Wildman–Crippen LogP) is 3.60. The number of hydrogen-bond acceptors (Lipinski definition) is 2. The lowest BCUT2D eigenvalue weighted by molar-refractivity contribution is 1.47. The molecule has 2 rings (SSSR count). The van der Waals surface area contributed by atoms with E-state index in [2.05, 4.69) is 12.1 Å². The molecule has 0 saturated carbocycles. The van der Waals surface area contributed by atoms with Gasteiger partial charge in [0, 0.05) is 0 Å². The molecule has 0 N–H and O–H groups in total. The molecule has 0 aromatic heterocycles. The number of nitrogens with zero attached hydrogens (tertiary/aromatic N) is 2. The van der Waals surface area contributed by atoms with E-state index in [9.17, 15) is 0 Å². The van der Waals surface area contributed by atoms with Gasteiger partial charge in [0.25, 0.3) is 0 Å². The first kappa shape index (κ1) is 11.6. The van der Waals surface area contributed by atoms with Crippen LogP contribution in [0.2, 0.25) is 0 Å². The molecular weight excluding hydrogens is 220 g/mol. The fraction of sp³-hybridized carbons (Fsp3) is 0. The Hall–Kier alpha value is -2.84. The quantitative estimate of drug-likeness (QED) is 0.740. The third-order valence-corrected chi connectivity index (χ3v) is 2.60. The fourth-order valence-corrected chi connectivity index (χ4v) is 1.67. The Morgan fingerprint density at radius 3 is 1.44 bits per heavy atom. The van der Waals surface area contributed by atoms with Crippen molar-refractivity contribution in [2.75, 3.05) is 0 Å². The monoisotopic (exact) mass is 230 g/mol. The van der Waals surface area contributed by atoms with Crippen LogP contribution in [0.3, 0.4) is 0 Å². The zero-order valence-electron chi connectivity index (χ0n) is 9.67. The Kier molecular flexibility index (Phi) is 3.54. The second-order valence-electron chi connectivity index (χ2n) is 3.73. The lowest BCUT2D eigenvalue weighted by Gasteiger charge is -1.98. The van der Waals surface area contributed by atoms with Gasteiger partial charge in [0.05, 0.1) is 23.3 Å². The minimum atomic E-state index is 0.628. The second-order valence-corrected chi connectivity index (χ2v) is 3.73. The smallest absolute Gasteiger partial charge is 0.0997 e. The Morgan fingerprint density at radius 1 is 0.667 bits per heavy atom. The number of benzene rings is 2. The average Bonchev–Trinajstić information content (AvgIpc) is 2.45. The van der Waals surface area contributed by atoms with Crippen molar-refractivity contribution >= 4 is 12.2 Å². The van der Waals surface area contributed by atoms with Crippen molar-refractivity contribution < 1.29 is 0 Å². The van der Waals surface area contributed by atoms with Crippen LogP contribution in [0.5, 0.6) is 0 Å². The lowest BCUT2D eigenvalue weighted by atomic mass is 10.0. The third-order valence-electron chi connectivity index (χ3n) is 2.60. The first-order valence-electron chi connectivity index (χ1n) is 5.51. The van der Waals surface area contributed by atoms with Crippen molar-refractivity contribution in [3.05, 3.63) is 70.8 Å². The van der Waals surface area contributed by atoms with E-state index in [1.54, 1.807) is 12.1 Å². The van der Waals surface area contributed by atoms with Gasteiger partial charge in [-0.15, -0.1) is 0 Å². The van der Waals surface area contributed by atoms with Crippen molar-refractivity contribution in [1.29, 1.82) is 10.5 Å². The summed E-state index contributed by atoms with van der Waals surface area (Å²) in [5.41, 5.74) is 2.96. The van der Waals surface area contributed by atoms with Crippen LogP contribution in [0.4, 0.5) is 0 Å². The molecule has 2 nitrogen and oxygen atoms in total. The highest BCUT2D eigenvalue weighted by atomic mass is 14.2. The largest absolute Gasteiger partial charge is 0.192 e. The normalized spacial score (nSPS) is 9.89. The van der Waals surface area contributed by atoms with E-state index >= 15 is 0 Å².